The molecule has 3 heterocycles. The van der Waals surface area contributed by atoms with Crippen molar-refractivity contribution in [3.05, 3.63) is 73.1 Å². The molecule has 0 unspecified atom stereocenters. The first-order chi connectivity index (χ1) is 11.3. The minimum atomic E-state index is 1.00. The van der Waals surface area contributed by atoms with Gasteiger partial charge in [0.15, 0.2) is 5.65 Å². The molecule has 110 valence electrons. The molecule has 3 aromatic heterocycles. The van der Waals surface area contributed by atoms with Gasteiger partial charge in [0.1, 0.15) is 0 Å². The van der Waals surface area contributed by atoms with Crippen molar-refractivity contribution >= 4 is 27.5 Å². The second kappa shape index (κ2) is 4.46. The Labute approximate surface area is 133 Å². The molecule has 0 aliphatic carbocycles. The van der Waals surface area contributed by atoms with E-state index < -0.39 is 0 Å². The molecule has 0 N–H and O–H groups in total. The number of rotatable bonds is 1. The monoisotopic (exact) mass is 297 g/mol. The molecule has 0 bridgehead atoms. The molecule has 0 amide bonds. The third-order valence-corrected chi connectivity index (χ3v) is 4.61. The van der Waals surface area contributed by atoms with Crippen molar-refractivity contribution in [2.75, 3.05) is 0 Å². The van der Waals surface area contributed by atoms with E-state index in [-0.39, 0.29) is 0 Å². The zero-order valence-electron chi connectivity index (χ0n) is 12.8. The molecule has 0 aliphatic heterocycles. The predicted molar refractivity (Wildman–Crippen MR) is 94.6 cm³/mol. The number of fused-ring (bicyclic) bond motifs is 5. The maximum absolute atomic E-state index is 4.72. The Kier molecular flexibility index (Phi) is 2.42. The molecule has 23 heavy (non-hydrogen) atoms. The first-order valence-electron chi connectivity index (χ1n) is 7.73. The normalized spacial score (nSPS) is 11.7. The predicted octanol–water partition coefficient (Wildman–Crippen LogP) is 4.65. The van der Waals surface area contributed by atoms with Crippen LogP contribution >= 0.6 is 0 Å². The summed E-state index contributed by atoms with van der Waals surface area (Å²) in [6.07, 6.45) is 4.08. The van der Waals surface area contributed by atoms with Gasteiger partial charge in [-0.25, -0.2) is 4.98 Å². The average Bonchev–Trinajstić information content (AvgIpc) is 3.16. The molecule has 2 aromatic carbocycles. The van der Waals surface area contributed by atoms with Crippen molar-refractivity contribution in [3.63, 3.8) is 0 Å². The highest BCUT2D eigenvalue weighted by molar-refractivity contribution is 6.12. The zero-order chi connectivity index (χ0) is 15.4. The first-order valence-corrected chi connectivity index (χ1v) is 7.73. The summed E-state index contributed by atoms with van der Waals surface area (Å²) in [7, 11) is 2.11. The third kappa shape index (κ3) is 1.62. The second-order valence-electron chi connectivity index (χ2n) is 5.86. The van der Waals surface area contributed by atoms with E-state index in [0.717, 1.165) is 11.3 Å². The van der Waals surface area contributed by atoms with Crippen LogP contribution in [0.2, 0.25) is 0 Å². The molecule has 0 saturated carbocycles. The highest BCUT2D eigenvalue weighted by atomic mass is 15.0. The standard InChI is InChI=1S/C20H15N3/c1-22-17-10-6-5-9-15(17)16-11-12-23-18(13-21-20(23)19(16)22)14-7-3-2-4-8-14/h2-13H,1H3. The van der Waals surface area contributed by atoms with Crippen molar-refractivity contribution in [1.29, 1.82) is 0 Å². The second-order valence-corrected chi connectivity index (χ2v) is 5.86. The van der Waals surface area contributed by atoms with Crippen molar-refractivity contribution in [3.8, 4) is 11.3 Å². The minimum Gasteiger partial charge on any atom is -0.341 e. The van der Waals surface area contributed by atoms with E-state index in [9.17, 15) is 0 Å². The van der Waals surface area contributed by atoms with Gasteiger partial charge in [0.2, 0.25) is 0 Å². The average molecular weight is 297 g/mol. The summed E-state index contributed by atoms with van der Waals surface area (Å²) < 4.78 is 4.42. The topological polar surface area (TPSA) is 22.2 Å². The lowest BCUT2D eigenvalue weighted by atomic mass is 10.1. The van der Waals surface area contributed by atoms with Crippen LogP contribution in [0.1, 0.15) is 0 Å². The lowest BCUT2D eigenvalue weighted by molar-refractivity contribution is 1.01. The van der Waals surface area contributed by atoms with Gasteiger partial charge >= 0.3 is 0 Å². The molecule has 5 aromatic rings. The Morgan fingerprint density at radius 3 is 2.48 bits per heavy atom. The summed E-state index contributed by atoms with van der Waals surface area (Å²) in [6, 6.07) is 21.1. The van der Waals surface area contributed by atoms with Crippen LogP contribution in [0.3, 0.4) is 0 Å². The van der Waals surface area contributed by atoms with Crippen molar-refractivity contribution in [2.45, 2.75) is 0 Å². The van der Waals surface area contributed by atoms with Crippen LogP contribution in [0.5, 0.6) is 0 Å². The van der Waals surface area contributed by atoms with E-state index >= 15 is 0 Å². The fourth-order valence-corrected chi connectivity index (χ4v) is 3.52. The Balaban J connectivity index is 1.93. The largest absolute Gasteiger partial charge is 0.341 e. The first kappa shape index (κ1) is 12.5. The fourth-order valence-electron chi connectivity index (χ4n) is 3.52. The maximum Gasteiger partial charge on any atom is 0.161 e. The third-order valence-electron chi connectivity index (χ3n) is 4.61. The Hall–Kier alpha value is -3.07. The summed E-state index contributed by atoms with van der Waals surface area (Å²) in [5.74, 6) is 0. The van der Waals surface area contributed by atoms with Gasteiger partial charge in [0, 0.05) is 35.1 Å². The van der Waals surface area contributed by atoms with Gasteiger partial charge in [-0.15, -0.1) is 0 Å². The molecule has 3 heteroatoms. The van der Waals surface area contributed by atoms with Gasteiger partial charge in [-0.05, 0) is 12.1 Å². The van der Waals surface area contributed by atoms with Crippen molar-refractivity contribution in [2.24, 2.45) is 7.05 Å². The molecular formula is C20H15N3. The SMILES string of the molecule is Cn1c2ccccc2c2ccn3c(-c4ccccc4)cnc3c21. The minimum absolute atomic E-state index is 1.00. The molecule has 0 spiro atoms. The lowest BCUT2D eigenvalue weighted by Gasteiger charge is -2.04. The van der Waals surface area contributed by atoms with Crippen LogP contribution < -0.4 is 0 Å². The number of aryl methyl sites for hydroxylation is 1. The van der Waals surface area contributed by atoms with E-state index in [0.29, 0.717) is 0 Å². The van der Waals surface area contributed by atoms with Crippen LogP contribution in [-0.2, 0) is 7.05 Å². The summed E-state index contributed by atoms with van der Waals surface area (Å²) >= 11 is 0. The Morgan fingerprint density at radius 1 is 0.826 bits per heavy atom. The molecule has 0 fully saturated rings. The molecule has 3 nitrogen and oxygen atoms in total. The van der Waals surface area contributed by atoms with E-state index in [1.165, 1.54) is 27.4 Å². The Bertz CT molecular complexity index is 1160. The molecule has 0 radical (unpaired) electrons. The van der Waals surface area contributed by atoms with Crippen molar-refractivity contribution < 1.29 is 0 Å². The van der Waals surface area contributed by atoms with Crippen LogP contribution in [0.4, 0.5) is 0 Å². The smallest absolute Gasteiger partial charge is 0.161 e. The van der Waals surface area contributed by atoms with Gasteiger partial charge in [0.25, 0.3) is 0 Å². The molecule has 5 rings (SSSR count). The van der Waals surface area contributed by atoms with E-state index in [1.54, 1.807) is 0 Å². The number of para-hydroxylation sites is 1. The summed E-state index contributed by atoms with van der Waals surface area (Å²) in [5, 5.41) is 2.53. The van der Waals surface area contributed by atoms with E-state index in [1.807, 2.05) is 12.3 Å². The van der Waals surface area contributed by atoms with Gasteiger partial charge in [-0.2, -0.15) is 0 Å². The van der Waals surface area contributed by atoms with Crippen LogP contribution in [0, 0.1) is 0 Å². The quantitative estimate of drug-likeness (QED) is 0.441. The number of imidazole rings is 1. The number of benzene rings is 2. The zero-order valence-corrected chi connectivity index (χ0v) is 12.8. The van der Waals surface area contributed by atoms with Gasteiger partial charge in [-0.3, -0.25) is 4.40 Å². The molecule has 0 atom stereocenters. The summed E-state index contributed by atoms with van der Waals surface area (Å²) in [4.78, 5) is 4.72. The van der Waals surface area contributed by atoms with Gasteiger partial charge < -0.3 is 4.57 Å². The molecule has 0 saturated heterocycles. The summed E-state index contributed by atoms with van der Waals surface area (Å²) in [5.41, 5.74) is 5.71. The van der Waals surface area contributed by atoms with Gasteiger partial charge in [-0.1, -0.05) is 48.5 Å². The van der Waals surface area contributed by atoms with E-state index in [2.05, 4.69) is 76.8 Å². The van der Waals surface area contributed by atoms with E-state index in [4.69, 9.17) is 4.98 Å². The molecular weight excluding hydrogens is 282 g/mol. The lowest BCUT2D eigenvalue weighted by Crippen LogP contribution is -1.92. The number of nitrogens with zero attached hydrogens (tertiary/aromatic N) is 3. The number of pyridine rings is 1. The summed E-state index contributed by atoms with van der Waals surface area (Å²) in [6.45, 7) is 0. The highest BCUT2D eigenvalue weighted by Crippen LogP contribution is 2.32. The highest BCUT2D eigenvalue weighted by Gasteiger charge is 2.14. The number of hydrogen-bond donors (Lipinski definition) is 0. The van der Waals surface area contributed by atoms with Gasteiger partial charge in [0.05, 0.1) is 17.4 Å². The van der Waals surface area contributed by atoms with Crippen molar-refractivity contribution in [1.82, 2.24) is 14.0 Å². The fraction of sp³-hybridized carbons (Fsp3) is 0.0500. The van der Waals surface area contributed by atoms with Crippen LogP contribution in [-0.4, -0.2) is 14.0 Å². The Morgan fingerprint density at radius 2 is 1.61 bits per heavy atom. The number of aromatic nitrogens is 3. The number of hydrogen-bond acceptors (Lipinski definition) is 1. The van der Waals surface area contributed by atoms with Crippen LogP contribution in [0.15, 0.2) is 73.1 Å². The maximum atomic E-state index is 4.72. The molecule has 0 aliphatic rings. The van der Waals surface area contributed by atoms with Crippen LogP contribution in [0.25, 0.3) is 38.7 Å².